The lowest BCUT2D eigenvalue weighted by molar-refractivity contribution is -0.111. The standard InChI is InChI=1S/C37H37FN6O8/c1-5-32(45)40-28-13-22(7-8-26(28)38)34(46)42-31-14-21(9-11-39-31)27-17-24-33(41-27)37(10-6-12-43(19-37)36(48)49)20-44(35(24)47)18-25-29(51-3)15-23(50-2)16-30(25)52-4/h5,7-9,11,13-17,41H,1,6,10,12,18-20H2,2-4H3,(H,40,45)(H,48,49)(H,39,42,46). The van der Waals surface area contributed by atoms with Gasteiger partial charge < -0.3 is 44.7 Å². The summed E-state index contributed by atoms with van der Waals surface area (Å²) >= 11 is 0. The van der Waals surface area contributed by atoms with Crippen molar-refractivity contribution < 1.29 is 42.9 Å². The Kier molecular flexibility index (Phi) is 9.86. The van der Waals surface area contributed by atoms with Crippen LogP contribution in [0, 0.1) is 5.82 Å². The number of H-pyrrole nitrogens is 1. The van der Waals surface area contributed by atoms with Crippen LogP contribution in [-0.2, 0) is 16.8 Å². The van der Waals surface area contributed by atoms with Gasteiger partial charge in [-0.15, -0.1) is 0 Å². The molecule has 2 aliphatic heterocycles. The Morgan fingerprint density at radius 3 is 2.46 bits per heavy atom. The number of ether oxygens (including phenoxy) is 3. The predicted octanol–water partition coefficient (Wildman–Crippen LogP) is 5.29. The zero-order valence-corrected chi connectivity index (χ0v) is 28.7. The highest BCUT2D eigenvalue weighted by molar-refractivity contribution is 6.06. The van der Waals surface area contributed by atoms with Gasteiger partial charge in [0.15, 0.2) is 0 Å². The highest BCUT2D eigenvalue weighted by Crippen LogP contribution is 2.44. The fourth-order valence-electron chi connectivity index (χ4n) is 6.86. The first kappa shape index (κ1) is 35.4. The van der Waals surface area contributed by atoms with E-state index >= 15 is 0 Å². The highest BCUT2D eigenvalue weighted by atomic mass is 19.1. The van der Waals surface area contributed by atoms with E-state index in [1.54, 1.807) is 35.2 Å². The van der Waals surface area contributed by atoms with E-state index in [-0.39, 0.29) is 42.6 Å². The minimum absolute atomic E-state index is 0.0707. The number of piperidine rings is 1. The largest absolute Gasteiger partial charge is 0.496 e. The summed E-state index contributed by atoms with van der Waals surface area (Å²) in [4.78, 5) is 62.1. The smallest absolute Gasteiger partial charge is 0.407 e. The number of aromatic amines is 1. The molecular weight excluding hydrogens is 675 g/mol. The fourth-order valence-corrected chi connectivity index (χ4v) is 6.86. The van der Waals surface area contributed by atoms with Crippen LogP contribution >= 0.6 is 0 Å². The summed E-state index contributed by atoms with van der Waals surface area (Å²) in [5.41, 5.74) is 1.94. The molecule has 4 amide bonds. The Hall–Kier alpha value is -6.38. The van der Waals surface area contributed by atoms with E-state index in [0.29, 0.717) is 64.7 Å². The third-order valence-corrected chi connectivity index (χ3v) is 9.36. The summed E-state index contributed by atoms with van der Waals surface area (Å²) in [6, 6.07) is 12.0. The van der Waals surface area contributed by atoms with E-state index in [4.69, 9.17) is 14.2 Å². The van der Waals surface area contributed by atoms with Crippen LogP contribution in [0.15, 0.2) is 67.4 Å². The molecule has 2 aromatic carbocycles. The van der Waals surface area contributed by atoms with Gasteiger partial charge in [0.05, 0.1) is 44.7 Å². The number of carbonyl (C=O) groups is 4. The van der Waals surface area contributed by atoms with Crippen molar-refractivity contribution >= 4 is 35.3 Å². The van der Waals surface area contributed by atoms with Crippen LogP contribution in [0.3, 0.4) is 0 Å². The molecule has 1 saturated heterocycles. The number of fused-ring (bicyclic) bond motifs is 2. The maximum Gasteiger partial charge on any atom is 0.407 e. The maximum absolute atomic E-state index is 14.3. The fraction of sp³-hybridized carbons (Fsp3) is 0.270. The summed E-state index contributed by atoms with van der Waals surface area (Å²) in [6.45, 7) is 4.24. The van der Waals surface area contributed by atoms with Crippen LogP contribution in [0.2, 0.25) is 0 Å². The number of halogens is 1. The monoisotopic (exact) mass is 712 g/mol. The first-order valence-corrected chi connectivity index (χ1v) is 16.3. The van der Waals surface area contributed by atoms with Crippen LogP contribution < -0.4 is 24.8 Å². The van der Waals surface area contributed by atoms with Crippen LogP contribution in [0.5, 0.6) is 17.2 Å². The summed E-state index contributed by atoms with van der Waals surface area (Å²) in [5, 5.41) is 15.0. The number of carbonyl (C=O) groups excluding carboxylic acids is 3. The number of carboxylic acid groups (broad SMARTS) is 1. The second kappa shape index (κ2) is 14.5. The molecule has 270 valence electrons. The average molecular weight is 713 g/mol. The number of hydrogen-bond acceptors (Lipinski definition) is 8. The predicted molar refractivity (Wildman–Crippen MR) is 189 cm³/mol. The van der Waals surface area contributed by atoms with Gasteiger partial charge in [-0.2, -0.15) is 0 Å². The van der Waals surface area contributed by atoms with E-state index in [1.807, 2.05) is 0 Å². The van der Waals surface area contributed by atoms with Crippen molar-refractivity contribution in [2.45, 2.75) is 24.8 Å². The molecule has 2 aliphatic rings. The number of anilines is 2. The van der Waals surface area contributed by atoms with Gasteiger partial charge in [0.1, 0.15) is 28.9 Å². The summed E-state index contributed by atoms with van der Waals surface area (Å²) in [5.74, 6) is -0.589. The number of rotatable bonds is 10. The van der Waals surface area contributed by atoms with Gasteiger partial charge in [-0.1, -0.05) is 6.58 Å². The van der Waals surface area contributed by atoms with Crippen LogP contribution in [0.1, 0.15) is 44.8 Å². The molecule has 1 unspecified atom stereocenters. The SMILES string of the molecule is C=CC(=O)Nc1cc(C(=O)Nc2cc(-c3cc4c([nH]3)C3(CCCN(C(=O)O)C3)CN(Cc3c(OC)cc(OC)cc3OC)C4=O)ccn2)ccc1F. The number of methoxy groups -OCH3 is 3. The molecule has 0 radical (unpaired) electrons. The number of likely N-dealkylation sites (tertiary alicyclic amines) is 1. The molecule has 0 bridgehead atoms. The van der Waals surface area contributed by atoms with Crippen LogP contribution in [0.25, 0.3) is 11.3 Å². The minimum Gasteiger partial charge on any atom is -0.496 e. The number of benzene rings is 2. The van der Waals surface area contributed by atoms with Gasteiger partial charge in [-0.25, -0.2) is 14.2 Å². The molecule has 4 heterocycles. The van der Waals surface area contributed by atoms with Crippen molar-refractivity contribution in [2.24, 2.45) is 0 Å². The lowest BCUT2D eigenvalue weighted by atomic mass is 9.73. The van der Waals surface area contributed by atoms with Crippen molar-refractivity contribution in [3.05, 3.63) is 95.6 Å². The number of nitrogens with one attached hydrogen (secondary N) is 3. The number of aromatic nitrogens is 2. The first-order valence-electron chi connectivity index (χ1n) is 16.3. The first-order chi connectivity index (χ1) is 25.0. The van der Waals surface area contributed by atoms with Gasteiger partial charge in [0, 0.05) is 65.9 Å². The molecule has 1 spiro atoms. The molecule has 15 heteroatoms. The van der Waals surface area contributed by atoms with E-state index in [2.05, 4.69) is 27.2 Å². The molecule has 6 rings (SSSR count). The van der Waals surface area contributed by atoms with E-state index in [1.165, 1.54) is 44.6 Å². The molecule has 1 atom stereocenters. The quantitative estimate of drug-likeness (QED) is 0.159. The second-order valence-electron chi connectivity index (χ2n) is 12.5. The van der Waals surface area contributed by atoms with Gasteiger partial charge in [-0.3, -0.25) is 14.4 Å². The molecule has 52 heavy (non-hydrogen) atoms. The lowest BCUT2D eigenvalue weighted by Crippen LogP contribution is -2.57. The Balaban J connectivity index is 1.34. The van der Waals surface area contributed by atoms with Gasteiger partial charge in [0.2, 0.25) is 5.91 Å². The third-order valence-electron chi connectivity index (χ3n) is 9.36. The van der Waals surface area contributed by atoms with Gasteiger partial charge >= 0.3 is 6.09 Å². The zero-order chi connectivity index (χ0) is 37.2. The van der Waals surface area contributed by atoms with E-state index < -0.39 is 29.1 Å². The lowest BCUT2D eigenvalue weighted by Gasteiger charge is -2.47. The van der Waals surface area contributed by atoms with Crippen molar-refractivity contribution in [3.8, 4) is 28.5 Å². The van der Waals surface area contributed by atoms with Crippen molar-refractivity contribution in [2.75, 3.05) is 51.6 Å². The summed E-state index contributed by atoms with van der Waals surface area (Å²) in [6.07, 6.45) is 2.64. The second-order valence-corrected chi connectivity index (χ2v) is 12.5. The average Bonchev–Trinajstić information content (AvgIpc) is 3.62. The summed E-state index contributed by atoms with van der Waals surface area (Å²) < 4.78 is 31.0. The molecule has 0 saturated carbocycles. The van der Waals surface area contributed by atoms with Crippen LogP contribution in [0.4, 0.5) is 20.7 Å². The van der Waals surface area contributed by atoms with Gasteiger partial charge in [-0.05, 0) is 55.3 Å². The third kappa shape index (κ3) is 6.84. The number of hydrogen-bond donors (Lipinski definition) is 4. The zero-order valence-electron chi connectivity index (χ0n) is 28.7. The number of nitrogens with zero attached hydrogens (tertiary/aromatic N) is 3. The number of pyridine rings is 1. The highest BCUT2D eigenvalue weighted by Gasteiger charge is 2.48. The van der Waals surface area contributed by atoms with Crippen molar-refractivity contribution in [3.63, 3.8) is 0 Å². The van der Waals surface area contributed by atoms with E-state index in [9.17, 15) is 28.7 Å². The van der Waals surface area contributed by atoms with Crippen molar-refractivity contribution in [1.82, 2.24) is 19.8 Å². The number of amides is 4. The maximum atomic E-state index is 14.3. The van der Waals surface area contributed by atoms with E-state index in [0.717, 1.165) is 12.1 Å². The Labute approximate surface area is 298 Å². The molecule has 14 nitrogen and oxygen atoms in total. The Morgan fingerprint density at radius 1 is 1.04 bits per heavy atom. The molecule has 2 aromatic heterocycles. The van der Waals surface area contributed by atoms with Crippen LogP contribution in [-0.4, -0.2) is 89.7 Å². The molecule has 0 aliphatic carbocycles. The Bertz CT molecular complexity index is 2060. The Morgan fingerprint density at radius 2 is 1.79 bits per heavy atom. The van der Waals surface area contributed by atoms with Crippen molar-refractivity contribution in [1.29, 1.82) is 0 Å². The summed E-state index contributed by atoms with van der Waals surface area (Å²) in [7, 11) is 4.57. The minimum atomic E-state index is -1.04. The molecule has 1 fully saturated rings. The molecule has 4 N–H and O–H groups in total. The van der Waals surface area contributed by atoms with Gasteiger partial charge in [0.25, 0.3) is 11.8 Å². The molecule has 4 aromatic rings. The molecular formula is C37H37FN6O8. The topological polar surface area (TPSA) is 175 Å². The normalized spacial score (nSPS) is 16.6.